The zero-order chi connectivity index (χ0) is 21.9. The first-order valence-electron chi connectivity index (χ1n) is 10.0. The highest BCUT2D eigenvalue weighted by Gasteiger charge is 2.28. The molecule has 30 heavy (non-hydrogen) atoms. The Balaban J connectivity index is 1.65. The van der Waals surface area contributed by atoms with Gasteiger partial charge in [-0.2, -0.15) is 0 Å². The number of carbonyl (C=O) groups excluding carboxylic acids is 1. The third kappa shape index (κ3) is 5.43. The second-order valence-electron chi connectivity index (χ2n) is 8.58. The molecule has 1 aliphatic heterocycles. The average Bonchev–Trinajstić information content (AvgIpc) is 2.70. The smallest absolute Gasteiger partial charge is 0.251 e. The third-order valence-corrected chi connectivity index (χ3v) is 9.74. The van der Waals surface area contributed by atoms with E-state index in [1.807, 2.05) is 0 Å². The molecule has 1 amide bonds. The molecule has 0 spiro atoms. The molecular weight excluding hydrogens is 468 g/mol. The molecule has 1 aromatic carbocycles. The molecule has 1 saturated heterocycles. The van der Waals surface area contributed by atoms with Crippen LogP contribution >= 0.6 is 26.2 Å². The quantitative estimate of drug-likeness (QED) is 0.611. The topological polar surface area (TPSA) is 76.6 Å². The van der Waals surface area contributed by atoms with E-state index in [-0.39, 0.29) is 10.7 Å². The van der Waals surface area contributed by atoms with E-state index in [2.05, 4.69) is 64.4 Å². The summed E-state index contributed by atoms with van der Waals surface area (Å²) < 4.78 is 12.3. The van der Waals surface area contributed by atoms with E-state index in [4.69, 9.17) is 13.9 Å². The number of nitrogens with one attached hydrogen (secondary N) is 1. The monoisotopic (exact) mass is 498 g/mol. The largest absolute Gasteiger partial charge is 0.378 e. The molecule has 2 aromatic rings. The lowest BCUT2D eigenvalue weighted by Gasteiger charge is -2.43. The fourth-order valence-electron chi connectivity index (χ4n) is 2.83. The van der Waals surface area contributed by atoms with E-state index in [9.17, 15) is 4.79 Å². The highest BCUT2D eigenvalue weighted by atomic mass is 79.9. The summed E-state index contributed by atoms with van der Waals surface area (Å²) in [6.45, 7) is 10.5. The predicted molar refractivity (Wildman–Crippen MR) is 128 cm³/mol. The van der Waals surface area contributed by atoms with Gasteiger partial charge in [-0.05, 0) is 40.6 Å². The maximum Gasteiger partial charge on any atom is 0.251 e. The Morgan fingerprint density at radius 3 is 2.67 bits per heavy atom. The molecule has 166 valence electrons. The second kappa shape index (κ2) is 9.38. The van der Waals surface area contributed by atoms with E-state index in [1.165, 1.54) is 0 Å². The highest BCUT2D eigenvalue weighted by molar-refractivity contribution is 9.10. The number of nitrogens with zero attached hydrogens (tertiary/aromatic N) is 3. The van der Waals surface area contributed by atoms with Crippen molar-refractivity contribution in [2.24, 2.45) is 0 Å². The number of carbonyl (C=O) groups is 1. The van der Waals surface area contributed by atoms with Gasteiger partial charge >= 0.3 is 0 Å². The first-order valence-corrected chi connectivity index (χ1v) is 13.2. The van der Waals surface area contributed by atoms with Crippen LogP contribution in [-0.4, -0.2) is 72.6 Å². The molecule has 9 heteroatoms. The zero-order valence-corrected chi connectivity index (χ0v) is 20.7. The number of hydrogen-bond acceptors (Lipinski definition) is 6. The van der Waals surface area contributed by atoms with Crippen LogP contribution in [0, 0.1) is 0 Å². The van der Waals surface area contributed by atoms with Crippen molar-refractivity contribution in [3.63, 3.8) is 0 Å². The molecule has 0 radical (unpaired) electrons. The van der Waals surface area contributed by atoms with Crippen LogP contribution in [0.5, 0.6) is 0 Å². The summed E-state index contributed by atoms with van der Waals surface area (Å²) in [6.07, 6.45) is 6.06. The fourth-order valence-corrected chi connectivity index (χ4v) is 4.23. The molecule has 3 rings (SSSR count). The molecule has 0 atom stereocenters. The van der Waals surface area contributed by atoms with Gasteiger partial charge in [0.05, 0.1) is 31.5 Å². The van der Waals surface area contributed by atoms with Crippen LogP contribution in [0.1, 0.15) is 31.1 Å². The second-order valence-corrected chi connectivity index (χ2v) is 13.4. The van der Waals surface area contributed by atoms with Crippen LogP contribution < -0.4 is 10.2 Å². The van der Waals surface area contributed by atoms with E-state index >= 15 is 0 Å². The van der Waals surface area contributed by atoms with Crippen molar-refractivity contribution in [3.05, 3.63) is 28.4 Å². The number of anilines is 1. The van der Waals surface area contributed by atoms with Gasteiger partial charge in [-0.15, -0.1) is 10.3 Å². The average molecular weight is 499 g/mol. The van der Waals surface area contributed by atoms with Gasteiger partial charge in [0.2, 0.25) is 0 Å². The number of ether oxygens (including phenoxy) is 1. The number of amides is 1. The van der Waals surface area contributed by atoms with Gasteiger partial charge in [-0.1, -0.05) is 20.8 Å². The maximum atomic E-state index is 12.6. The number of fused-ring (bicyclic) bond motifs is 1. The SMILES string of the molecule is CC(C)(C)S(C)(C)OCCNC(=O)c1cc(Br)c2nc(N3CCOCC3)cnc2c1. The van der Waals surface area contributed by atoms with E-state index in [0.717, 1.165) is 28.9 Å². The third-order valence-electron chi connectivity index (χ3n) is 5.43. The first kappa shape index (κ1) is 23.2. The minimum absolute atomic E-state index is 0.0962. The van der Waals surface area contributed by atoms with Gasteiger partial charge in [0.1, 0.15) is 11.3 Å². The summed E-state index contributed by atoms with van der Waals surface area (Å²) in [5.74, 6) is 0.675. The van der Waals surface area contributed by atoms with Gasteiger partial charge in [0.15, 0.2) is 0 Å². The van der Waals surface area contributed by atoms with Gasteiger partial charge < -0.3 is 19.1 Å². The number of hydrogen-bond donors (Lipinski definition) is 1. The maximum absolute atomic E-state index is 12.6. The number of morpholine rings is 1. The Bertz CT molecular complexity index is 911. The Morgan fingerprint density at radius 1 is 1.30 bits per heavy atom. The molecule has 2 heterocycles. The molecule has 1 N–H and O–H groups in total. The highest BCUT2D eigenvalue weighted by Crippen LogP contribution is 2.53. The summed E-state index contributed by atoms with van der Waals surface area (Å²) in [7, 11) is -1.20. The van der Waals surface area contributed by atoms with Gasteiger partial charge in [-0.25, -0.2) is 4.98 Å². The Morgan fingerprint density at radius 2 is 2.00 bits per heavy atom. The lowest BCUT2D eigenvalue weighted by Crippen LogP contribution is -2.36. The van der Waals surface area contributed by atoms with Crippen molar-refractivity contribution < 1.29 is 13.7 Å². The zero-order valence-electron chi connectivity index (χ0n) is 18.3. The number of benzene rings is 1. The molecule has 0 bridgehead atoms. The van der Waals surface area contributed by atoms with Crippen molar-refractivity contribution in [2.45, 2.75) is 25.5 Å². The Hall–Kier alpha value is -1.42. The fraction of sp³-hybridized carbons (Fsp3) is 0.571. The Kier molecular flexibility index (Phi) is 7.27. The van der Waals surface area contributed by atoms with Gasteiger partial charge in [0, 0.05) is 34.4 Å². The summed E-state index contributed by atoms with van der Waals surface area (Å²) in [5.41, 5.74) is 1.97. The van der Waals surface area contributed by atoms with Crippen molar-refractivity contribution in [3.8, 4) is 0 Å². The molecule has 1 aromatic heterocycles. The van der Waals surface area contributed by atoms with Crippen LogP contribution in [0.3, 0.4) is 0 Å². The lowest BCUT2D eigenvalue weighted by atomic mass is 10.2. The number of aromatic nitrogens is 2. The van der Waals surface area contributed by atoms with Crippen LogP contribution in [0.2, 0.25) is 0 Å². The van der Waals surface area contributed by atoms with E-state index in [1.54, 1.807) is 18.3 Å². The van der Waals surface area contributed by atoms with Gasteiger partial charge in [0.25, 0.3) is 5.91 Å². The molecule has 0 saturated carbocycles. The number of rotatable bonds is 6. The Labute approximate surface area is 188 Å². The molecule has 1 fully saturated rings. The minimum atomic E-state index is -1.20. The predicted octanol–water partition coefficient (Wildman–Crippen LogP) is 3.75. The van der Waals surface area contributed by atoms with Crippen LogP contribution in [0.25, 0.3) is 11.0 Å². The summed E-state index contributed by atoms with van der Waals surface area (Å²) >= 11 is 3.56. The summed E-state index contributed by atoms with van der Waals surface area (Å²) in [4.78, 5) is 24.1. The van der Waals surface area contributed by atoms with E-state index in [0.29, 0.717) is 37.4 Å². The molecular formula is C21H31BrN4O3S. The van der Waals surface area contributed by atoms with Gasteiger partial charge in [-0.3, -0.25) is 9.78 Å². The summed E-state index contributed by atoms with van der Waals surface area (Å²) in [6, 6.07) is 3.57. The number of halogens is 1. The van der Waals surface area contributed by atoms with Crippen molar-refractivity contribution in [2.75, 3.05) is 56.9 Å². The molecule has 0 unspecified atom stereocenters. The summed E-state index contributed by atoms with van der Waals surface area (Å²) in [5, 5.41) is 2.94. The van der Waals surface area contributed by atoms with Crippen molar-refractivity contribution in [1.29, 1.82) is 0 Å². The molecule has 0 aliphatic carbocycles. The lowest BCUT2D eigenvalue weighted by molar-refractivity contribution is 0.0948. The van der Waals surface area contributed by atoms with Crippen molar-refractivity contribution >= 4 is 49.0 Å². The van der Waals surface area contributed by atoms with Crippen molar-refractivity contribution in [1.82, 2.24) is 15.3 Å². The van der Waals surface area contributed by atoms with Crippen LogP contribution in [0.4, 0.5) is 5.82 Å². The first-order chi connectivity index (χ1) is 14.1. The standard InChI is InChI=1S/C21H31BrN4O3S/c1-21(2,3)30(4,5)29-9-6-23-20(27)15-12-16(22)19-17(13-15)24-14-18(25-19)26-7-10-28-11-8-26/h12-14H,6-11H2,1-5H3,(H,23,27). The van der Waals surface area contributed by atoms with E-state index < -0.39 is 10.3 Å². The molecule has 7 nitrogen and oxygen atoms in total. The minimum Gasteiger partial charge on any atom is -0.378 e. The van der Waals surface area contributed by atoms with Crippen LogP contribution in [-0.2, 0) is 8.92 Å². The normalized spacial score (nSPS) is 16.0. The molecule has 1 aliphatic rings. The van der Waals surface area contributed by atoms with Crippen LogP contribution in [0.15, 0.2) is 22.8 Å².